The molecule has 0 saturated carbocycles. The molecule has 0 aliphatic carbocycles. The Kier molecular flexibility index (Phi) is 6.30. The summed E-state index contributed by atoms with van der Waals surface area (Å²) < 4.78 is 31.1. The molecule has 1 N–H and O–H groups in total. The van der Waals surface area contributed by atoms with Crippen LogP contribution in [-0.4, -0.2) is 57.9 Å². The van der Waals surface area contributed by atoms with E-state index in [-0.39, 0.29) is 11.8 Å². The molecule has 0 radical (unpaired) electrons. The molecule has 0 atom stereocenters. The highest BCUT2D eigenvalue weighted by molar-refractivity contribution is 7.92. The van der Waals surface area contributed by atoms with Crippen LogP contribution >= 0.6 is 0 Å². The lowest BCUT2D eigenvalue weighted by Crippen LogP contribution is -2.49. The molecular weight excluding hydrogens is 330 g/mol. The third-order valence-electron chi connectivity index (χ3n) is 3.78. The number of ether oxygens (including phenoxy) is 1. The average molecular weight is 355 g/mol. The Morgan fingerprint density at radius 3 is 2.29 bits per heavy atom. The minimum atomic E-state index is -3.27. The van der Waals surface area contributed by atoms with Crippen LogP contribution in [0.4, 0.5) is 16.2 Å². The van der Waals surface area contributed by atoms with E-state index in [1.807, 2.05) is 19.1 Å². The van der Waals surface area contributed by atoms with Gasteiger partial charge in [0.2, 0.25) is 10.0 Å². The maximum absolute atomic E-state index is 11.8. The molecule has 8 heteroatoms. The average Bonchev–Trinajstić information content (AvgIpc) is 2.55. The summed E-state index contributed by atoms with van der Waals surface area (Å²) in [6.07, 6.45) is 0.316. The van der Waals surface area contributed by atoms with Crippen molar-refractivity contribution in [2.75, 3.05) is 48.2 Å². The third-order valence-corrected chi connectivity index (χ3v) is 5.28. The highest BCUT2D eigenvalue weighted by Gasteiger charge is 2.22. The van der Waals surface area contributed by atoms with E-state index in [0.717, 1.165) is 18.8 Å². The van der Waals surface area contributed by atoms with Crippen LogP contribution in [0.15, 0.2) is 24.3 Å². The molecule has 0 spiro atoms. The van der Waals surface area contributed by atoms with E-state index in [1.165, 1.54) is 0 Å². The normalized spacial score (nSPS) is 15.2. The number of rotatable bonds is 6. The van der Waals surface area contributed by atoms with Crippen LogP contribution in [0, 0.1) is 0 Å². The monoisotopic (exact) mass is 355 g/mol. The standard InChI is InChI=1S/C16H25N3O4S/c1-3-13-24(21,22)17-14-5-7-15(8-6-14)18-9-11-19(12-10-18)16(20)23-4-2/h5-8,17H,3-4,9-13H2,1-2H3. The lowest BCUT2D eigenvalue weighted by Gasteiger charge is -2.35. The molecule has 1 amide bonds. The topological polar surface area (TPSA) is 79.0 Å². The molecule has 134 valence electrons. The number of sulfonamides is 1. The minimum absolute atomic E-state index is 0.116. The van der Waals surface area contributed by atoms with Gasteiger partial charge in [-0.15, -0.1) is 0 Å². The predicted octanol–water partition coefficient (Wildman–Crippen LogP) is 2.12. The van der Waals surface area contributed by atoms with Crippen molar-refractivity contribution >= 4 is 27.5 Å². The van der Waals surface area contributed by atoms with Gasteiger partial charge in [-0.05, 0) is 37.6 Å². The summed E-state index contributed by atoms with van der Waals surface area (Å²) in [5.74, 6) is 0.116. The zero-order valence-corrected chi connectivity index (χ0v) is 15.0. The number of hydrogen-bond donors (Lipinski definition) is 1. The Hall–Kier alpha value is -1.96. The van der Waals surface area contributed by atoms with E-state index in [4.69, 9.17) is 4.74 Å². The fraction of sp³-hybridized carbons (Fsp3) is 0.562. The minimum Gasteiger partial charge on any atom is -0.450 e. The van der Waals surface area contributed by atoms with Crippen molar-refractivity contribution < 1.29 is 17.9 Å². The second kappa shape index (κ2) is 8.23. The molecule has 24 heavy (non-hydrogen) atoms. The van der Waals surface area contributed by atoms with Crippen LogP contribution in [0.3, 0.4) is 0 Å². The second-order valence-corrected chi connectivity index (χ2v) is 7.48. The van der Waals surface area contributed by atoms with Gasteiger partial charge in [0.1, 0.15) is 0 Å². The van der Waals surface area contributed by atoms with E-state index in [9.17, 15) is 13.2 Å². The SMILES string of the molecule is CCCS(=O)(=O)Nc1ccc(N2CCN(C(=O)OCC)CC2)cc1. The van der Waals surface area contributed by atoms with Gasteiger partial charge >= 0.3 is 6.09 Å². The first kappa shape index (κ1) is 18.4. The molecule has 1 saturated heterocycles. The first-order valence-corrected chi connectivity index (χ1v) is 9.87. The number of carbonyl (C=O) groups is 1. The number of nitrogens with one attached hydrogen (secondary N) is 1. The number of carbonyl (C=O) groups excluding carboxylic acids is 1. The van der Waals surface area contributed by atoms with Crippen molar-refractivity contribution in [3.8, 4) is 0 Å². The van der Waals surface area contributed by atoms with Gasteiger partial charge in [-0.2, -0.15) is 0 Å². The molecule has 2 rings (SSSR count). The summed E-state index contributed by atoms with van der Waals surface area (Å²) in [5.41, 5.74) is 1.58. The van der Waals surface area contributed by atoms with Gasteiger partial charge in [-0.25, -0.2) is 13.2 Å². The molecule has 0 bridgehead atoms. The maximum atomic E-state index is 11.8. The molecular formula is C16H25N3O4S. The number of anilines is 2. The van der Waals surface area contributed by atoms with Gasteiger partial charge in [0.15, 0.2) is 0 Å². The van der Waals surface area contributed by atoms with Gasteiger partial charge in [-0.1, -0.05) is 6.92 Å². The molecule has 1 aliphatic heterocycles. The highest BCUT2D eigenvalue weighted by Crippen LogP contribution is 2.20. The zero-order chi connectivity index (χ0) is 17.6. The smallest absolute Gasteiger partial charge is 0.409 e. The van der Waals surface area contributed by atoms with Gasteiger partial charge in [0, 0.05) is 37.6 Å². The van der Waals surface area contributed by atoms with Crippen LogP contribution in [0.1, 0.15) is 20.3 Å². The summed E-state index contributed by atoms with van der Waals surface area (Å²) in [6.45, 7) is 6.68. The fourth-order valence-electron chi connectivity index (χ4n) is 2.60. The maximum Gasteiger partial charge on any atom is 0.409 e. The summed E-state index contributed by atoms with van der Waals surface area (Å²) >= 11 is 0. The molecule has 7 nitrogen and oxygen atoms in total. The zero-order valence-electron chi connectivity index (χ0n) is 14.2. The van der Waals surface area contributed by atoms with Crippen molar-refractivity contribution in [1.29, 1.82) is 0 Å². The lowest BCUT2D eigenvalue weighted by molar-refractivity contribution is 0.105. The van der Waals surface area contributed by atoms with E-state index < -0.39 is 10.0 Å². The van der Waals surface area contributed by atoms with E-state index in [0.29, 0.717) is 31.8 Å². The quantitative estimate of drug-likeness (QED) is 0.845. The van der Waals surface area contributed by atoms with Gasteiger partial charge in [-0.3, -0.25) is 4.72 Å². The number of hydrogen-bond acceptors (Lipinski definition) is 5. The predicted molar refractivity (Wildman–Crippen MR) is 95.0 cm³/mol. The number of benzene rings is 1. The van der Waals surface area contributed by atoms with Gasteiger partial charge in [0.05, 0.1) is 12.4 Å². The lowest BCUT2D eigenvalue weighted by atomic mass is 10.2. The summed E-state index contributed by atoms with van der Waals surface area (Å²) in [7, 11) is -3.27. The molecule has 0 unspecified atom stereocenters. The Labute approximate surface area is 143 Å². The van der Waals surface area contributed by atoms with Crippen LogP contribution in [-0.2, 0) is 14.8 Å². The summed E-state index contributed by atoms with van der Waals surface area (Å²) in [4.78, 5) is 15.6. The Balaban J connectivity index is 1.92. The number of piperazine rings is 1. The summed E-state index contributed by atoms with van der Waals surface area (Å²) in [6, 6.07) is 7.31. The van der Waals surface area contributed by atoms with Crippen molar-refractivity contribution in [3.05, 3.63) is 24.3 Å². The van der Waals surface area contributed by atoms with E-state index in [1.54, 1.807) is 24.0 Å². The second-order valence-electron chi connectivity index (χ2n) is 5.64. The first-order valence-electron chi connectivity index (χ1n) is 8.22. The molecule has 1 aliphatic rings. The first-order chi connectivity index (χ1) is 11.4. The Morgan fingerprint density at radius 2 is 1.75 bits per heavy atom. The largest absolute Gasteiger partial charge is 0.450 e. The summed E-state index contributed by atoms with van der Waals surface area (Å²) in [5, 5.41) is 0. The molecule has 1 heterocycles. The molecule has 0 aromatic heterocycles. The molecule has 1 aromatic rings. The van der Waals surface area contributed by atoms with Crippen LogP contribution in [0.5, 0.6) is 0 Å². The van der Waals surface area contributed by atoms with Gasteiger partial charge in [0.25, 0.3) is 0 Å². The fourth-order valence-corrected chi connectivity index (χ4v) is 3.74. The van der Waals surface area contributed by atoms with Crippen LogP contribution in [0.2, 0.25) is 0 Å². The number of nitrogens with zero attached hydrogens (tertiary/aromatic N) is 2. The molecule has 1 fully saturated rings. The third kappa shape index (κ3) is 5.02. The number of amides is 1. The highest BCUT2D eigenvalue weighted by atomic mass is 32.2. The van der Waals surface area contributed by atoms with Crippen molar-refractivity contribution in [1.82, 2.24) is 4.90 Å². The van der Waals surface area contributed by atoms with Crippen molar-refractivity contribution in [2.45, 2.75) is 20.3 Å². The van der Waals surface area contributed by atoms with Crippen molar-refractivity contribution in [2.24, 2.45) is 0 Å². The molecule has 1 aromatic carbocycles. The Morgan fingerprint density at radius 1 is 1.12 bits per heavy atom. The van der Waals surface area contributed by atoms with E-state index in [2.05, 4.69) is 9.62 Å². The van der Waals surface area contributed by atoms with E-state index >= 15 is 0 Å². The Bertz CT molecular complexity index is 638. The van der Waals surface area contributed by atoms with Crippen LogP contribution in [0.25, 0.3) is 0 Å². The van der Waals surface area contributed by atoms with Crippen LogP contribution < -0.4 is 9.62 Å². The van der Waals surface area contributed by atoms with Crippen molar-refractivity contribution in [3.63, 3.8) is 0 Å². The van der Waals surface area contributed by atoms with Gasteiger partial charge < -0.3 is 14.5 Å².